The van der Waals surface area contributed by atoms with Crippen molar-refractivity contribution in [2.75, 3.05) is 19.6 Å². The Morgan fingerprint density at radius 3 is 2.79 bits per heavy atom. The molecule has 2 unspecified atom stereocenters. The Morgan fingerprint density at radius 2 is 2.14 bits per heavy atom. The van der Waals surface area contributed by atoms with Crippen molar-refractivity contribution in [2.24, 2.45) is 0 Å². The number of aryl methyl sites for hydroxylation is 1. The average molecular weight is 426 g/mol. The second-order valence-electron chi connectivity index (χ2n) is 7.56. The molecule has 0 radical (unpaired) electrons. The standard InChI is InChI=1S/C21H26F3N3OS/c1-14-10-17-11-18(13-28)29-19(17)4-3-8-27(9-7-25-14)15(2)16-5-6-20(26-12-16)21(22,23)24/h5-6,11-15,25H,3-4,7-10H2,1-2H3. The van der Waals surface area contributed by atoms with Gasteiger partial charge in [0.2, 0.25) is 0 Å². The second kappa shape index (κ2) is 9.36. The molecule has 0 aromatic carbocycles. The summed E-state index contributed by atoms with van der Waals surface area (Å²) < 4.78 is 38.3. The highest BCUT2D eigenvalue weighted by Crippen LogP contribution is 2.29. The van der Waals surface area contributed by atoms with E-state index in [1.807, 2.05) is 13.0 Å². The summed E-state index contributed by atoms with van der Waals surface area (Å²) in [6, 6.07) is 4.83. The fourth-order valence-corrected chi connectivity index (χ4v) is 4.81. The van der Waals surface area contributed by atoms with E-state index < -0.39 is 11.9 Å². The molecule has 0 saturated carbocycles. The van der Waals surface area contributed by atoms with Crippen molar-refractivity contribution in [2.45, 2.75) is 51.4 Å². The maximum Gasteiger partial charge on any atom is 0.433 e. The number of alkyl halides is 3. The number of rotatable bonds is 3. The molecule has 2 aromatic heterocycles. The number of thiophene rings is 1. The molecular formula is C21H26F3N3OS. The molecule has 8 heteroatoms. The van der Waals surface area contributed by atoms with Gasteiger partial charge in [-0.2, -0.15) is 13.2 Å². The van der Waals surface area contributed by atoms with Crippen molar-refractivity contribution >= 4 is 17.6 Å². The highest BCUT2D eigenvalue weighted by Gasteiger charge is 2.32. The summed E-state index contributed by atoms with van der Waals surface area (Å²) in [5, 5.41) is 3.52. The first kappa shape index (κ1) is 21.9. The number of hydrogen-bond acceptors (Lipinski definition) is 5. The SMILES string of the molecule is CC1Cc2cc(C=O)sc2CCCN(C(C)c2ccc(C(F)(F)F)nc2)CCN1. The third-order valence-corrected chi connectivity index (χ3v) is 6.57. The molecule has 1 aliphatic heterocycles. The third kappa shape index (κ3) is 5.65. The lowest BCUT2D eigenvalue weighted by Gasteiger charge is -2.30. The largest absolute Gasteiger partial charge is 0.433 e. The summed E-state index contributed by atoms with van der Waals surface area (Å²) >= 11 is 1.56. The van der Waals surface area contributed by atoms with Gasteiger partial charge < -0.3 is 5.32 Å². The zero-order valence-corrected chi connectivity index (χ0v) is 17.4. The van der Waals surface area contributed by atoms with Crippen LogP contribution in [0.4, 0.5) is 13.2 Å². The van der Waals surface area contributed by atoms with Gasteiger partial charge in [0.05, 0.1) is 4.88 Å². The van der Waals surface area contributed by atoms with Gasteiger partial charge >= 0.3 is 6.18 Å². The number of aromatic nitrogens is 1. The van der Waals surface area contributed by atoms with Crippen molar-refractivity contribution in [3.05, 3.63) is 51.0 Å². The fourth-order valence-electron chi connectivity index (χ4n) is 3.76. The lowest BCUT2D eigenvalue weighted by Crippen LogP contribution is -2.38. The molecule has 0 fully saturated rings. The summed E-state index contributed by atoms with van der Waals surface area (Å²) in [5.41, 5.74) is 1.16. The monoisotopic (exact) mass is 425 g/mol. The van der Waals surface area contributed by atoms with Crippen LogP contribution in [0.25, 0.3) is 0 Å². The Morgan fingerprint density at radius 1 is 1.34 bits per heavy atom. The lowest BCUT2D eigenvalue weighted by atomic mass is 10.1. The van der Waals surface area contributed by atoms with Gasteiger partial charge in [-0.3, -0.25) is 14.7 Å². The van der Waals surface area contributed by atoms with Crippen molar-refractivity contribution in [3.63, 3.8) is 0 Å². The third-order valence-electron chi connectivity index (χ3n) is 5.41. The maximum absolute atomic E-state index is 12.8. The Kier molecular flexibility index (Phi) is 7.08. The minimum absolute atomic E-state index is 0.0315. The van der Waals surface area contributed by atoms with Crippen molar-refractivity contribution in [1.82, 2.24) is 15.2 Å². The van der Waals surface area contributed by atoms with Crippen LogP contribution in [0.15, 0.2) is 24.4 Å². The number of carbonyl (C=O) groups is 1. The zero-order chi connectivity index (χ0) is 21.0. The van der Waals surface area contributed by atoms with E-state index in [0.29, 0.717) is 0 Å². The summed E-state index contributed by atoms with van der Waals surface area (Å²) in [5.74, 6) is 0. The van der Waals surface area contributed by atoms with Crippen LogP contribution in [0, 0.1) is 0 Å². The maximum atomic E-state index is 12.8. The van der Waals surface area contributed by atoms with E-state index in [-0.39, 0.29) is 12.1 Å². The molecule has 2 atom stereocenters. The normalized spacial score (nSPS) is 20.5. The van der Waals surface area contributed by atoms with E-state index in [9.17, 15) is 18.0 Å². The van der Waals surface area contributed by atoms with E-state index in [4.69, 9.17) is 0 Å². The van der Waals surface area contributed by atoms with Crippen LogP contribution >= 0.6 is 11.3 Å². The van der Waals surface area contributed by atoms with Gasteiger partial charge in [-0.15, -0.1) is 11.3 Å². The van der Waals surface area contributed by atoms with Crippen LogP contribution in [-0.4, -0.2) is 41.8 Å². The van der Waals surface area contributed by atoms with Crippen LogP contribution in [0.3, 0.4) is 0 Å². The van der Waals surface area contributed by atoms with Crippen LogP contribution in [0.2, 0.25) is 0 Å². The van der Waals surface area contributed by atoms with E-state index in [1.165, 1.54) is 22.7 Å². The number of aldehydes is 1. The molecule has 3 rings (SSSR count). The first-order valence-electron chi connectivity index (χ1n) is 9.85. The molecule has 29 heavy (non-hydrogen) atoms. The van der Waals surface area contributed by atoms with Gasteiger partial charge in [0.15, 0.2) is 6.29 Å². The molecule has 1 aliphatic rings. The van der Waals surface area contributed by atoms with E-state index in [0.717, 1.165) is 61.7 Å². The number of nitrogens with one attached hydrogen (secondary N) is 1. The fraction of sp³-hybridized carbons (Fsp3) is 0.524. The molecule has 0 spiro atoms. The number of carbonyl (C=O) groups excluding carboxylic acids is 1. The van der Waals surface area contributed by atoms with Crippen LogP contribution in [0.1, 0.15) is 57.7 Å². The first-order valence-corrected chi connectivity index (χ1v) is 10.7. The van der Waals surface area contributed by atoms with Gasteiger partial charge in [0.1, 0.15) is 5.69 Å². The molecule has 1 N–H and O–H groups in total. The Balaban J connectivity index is 1.73. The predicted molar refractivity (Wildman–Crippen MR) is 108 cm³/mol. The first-order chi connectivity index (χ1) is 13.8. The summed E-state index contributed by atoms with van der Waals surface area (Å²) in [6.45, 7) is 6.56. The molecule has 158 valence electrons. The molecule has 0 bridgehead atoms. The minimum Gasteiger partial charge on any atom is -0.313 e. The van der Waals surface area contributed by atoms with E-state index in [2.05, 4.69) is 22.1 Å². The average Bonchev–Trinajstić information content (AvgIpc) is 3.06. The molecule has 4 nitrogen and oxygen atoms in total. The van der Waals surface area contributed by atoms with Crippen molar-refractivity contribution in [1.29, 1.82) is 0 Å². The molecule has 2 aromatic rings. The van der Waals surface area contributed by atoms with Crippen LogP contribution in [0.5, 0.6) is 0 Å². The van der Waals surface area contributed by atoms with Crippen LogP contribution in [-0.2, 0) is 19.0 Å². The van der Waals surface area contributed by atoms with Gasteiger partial charge in [0.25, 0.3) is 0 Å². The van der Waals surface area contributed by atoms with E-state index >= 15 is 0 Å². The number of halogens is 3. The minimum atomic E-state index is -4.42. The number of hydrogen-bond donors (Lipinski definition) is 1. The Bertz CT molecular complexity index is 820. The quantitative estimate of drug-likeness (QED) is 0.736. The summed E-state index contributed by atoms with van der Waals surface area (Å²) in [4.78, 5) is 19.1. The lowest BCUT2D eigenvalue weighted by molar-refractivity contribution is -0.141. The Labute approximate surface area is 173 Å². The molecular weight excluding hydrogens is 399 g/mol. The highest BCUT2D eigenvalue weighted by molar-refractivity contribution is 7.13. The molecule has 0 saturated heterocycles. The highest BCUT2D eigenvalue weighted by atomic mass is 32.1. The topological polar surface area (TPSA) is 45.2 Å². The molecule has 3 heterocycles. The number of pyridine rings is 1. The van der Waals surface area contributed by atoms with Crippen LogP contribution < -0.4 is 5.32 Å². The van der Waals surface area contributed by atoms with Gasteiger partial charge in [-0.25, -0.2) is 0 Å². The number of fused-ring (bicyclic) bond motifs is 1. The Hall–Kier alpha value is -1.77. The predicted octanol–water partition coefficient (Wildman–Crippen LogP) is 4.50. The zero-order valence-electron chi connectivity index (χ0n) is 16.6. The van der Waals surface area contributed by atoms with Gasteiger partial charge in [-0.05, 0) is 62.9 Å². The van der Waals surface area contributed by atoms with Crippen molar-refractivity contribution in [3.8, 4) is 0 Å². The molecule has 0 amide bonds. The summed E-state index contributed by atoms with van der Waals surface area (Å²) in [6.07, 6.45) is 0.539. The van der Waals surface area contributed by atoms with Gasteiger partial charge in [-0.1, -0.05) is 6.07 Å². The molecule has 0 aliphatic carbocycles. The van der Waals surface area contributed by atoms with Crippen molar-refractivity contribution < 1.29 is 18.0 Å². The van der Waals surface area contributed by atoms with Gasteiger partial charge in [0, 0.05) is 36.2 Å². The summed E-state index contributed by atoms with van der Waals surface area (Å²) in [7, 11) is 0. The van der Waals surface area contributed by atoms with E-state index in [1.54, 1.807) is 11.3 Å². The number of nitrogens with zero attached hydrogens (tertiary/aromatic N) is 2. The smallest absolute Gasteiger partial charge is 0.313 e. The second-order valence-corrected chi connectivity index (χ2v) is 8.73.